The van der Waals surface area contributed by atoms with E-state index in [4.69, 9.17) is 29.6 Å². The van der Waals surface area contributed by atoms with Gasteiger partial charge in [-0.1, -0.05) is 11.6 Å². The molecule has 0 aliphatic carbocycles. The summed E-state index contributed by atoms with van der Waals surface area (Å²) in [4.78, 5) is 0. The Bertz CT molecular complexity index is 713. The number of nitrogens with two attached hydrogens (primary N) is 1. The number of aryl methyl sites for hydroxylation is 1. The summed E-state index contributed by atoms with van der Waals surface area (Å²) < 4.78 is 38.4. The van der Waals surface area contributed by atoms with Gasteiger partial charge in [-0.15, -0.1) is 11.3 Å². The highest BCUT2D eigenvalue weighted by molar-refractivity contribution is 7.80. The van der Waals surface area contributed by atoms with E-state index in [1.54, 1.807) is 0 Å². The Labute approximate surface area is 139 Å². The van der Waals surface area contributed by atoms with Crippen LogP contribution in [0.3, 0.4) is 0 Å². The molecule has 1 aromatic carbocycles. The van der Waals surface area contributed by atoms with E-state index in [9.17, 15) is 13.2 Å². The molecule has 1 aromatic heterocycles. The number of hydrogen-bond acceptors (Lipinski definition) is 3. The quantitative estimate of drug-likeness (QED) is 0.510. The average Bonchev–Trinajstić information content (AvgIpc) is 2.79. The van der Waals surface area contributed by atoms with Gasteiger partial charge in [0.25, 0.3) is 0 Å². The number of hydrogen-bond donors (Lipinski definition) is 3. The number of thiophene rings is 1. The average molecular weight is 366 g/mol. The molecule has 0 aliphatic heterocycles. The first kappa shape index (κ1) is 16.9. The summed E-state index contributed by atoms with van der Waals surface area (Å²) in [5.41, 5.74) is 6.56. The van der Waals surface area contributed by atoms with Gasteiger partial charge in [0.1, 0.15) is 0 Å². The Morgan fingerprint density at radius 2 is 1.86 bits per heavy atom. The minimum absolute atomic E-state index is 0.000794. The van der Waals surface area contributed by atoms with E-state index in [0.29, 0.717) is 0 Å². The molecule has 118 valence electrons. The van der Waals surface area contributed by atoms with E-state index in [-0.39, 0.29) is 21.5 Å². The topological polar surface area (TPSA) is 50.1 Å². The van der Waals surface area contributed by atoms with E-state index in [0.717, 1.165) is 23.4 Å². The fourth-order valence-corrected chi connectivity index (χ4v) is 2.87. The van der Waals surface area contributed by atoms with E-state index < -0.39 is 11.7 Å². The molecule has 1 heterocycles. The molecule has 2 aromatic rings. The number of benzene rings is 1. The fraction of sp³-hybridized carbons (Fsp3) is 0.154. The zero-order valence-electron chi connectivity index (χ0n) is 11.2. The molecule has 0 spiro atoms. The molecular formula is C13H11ClF3N3S2. The molecule has 0 bridgehead atoms. The molecule has 0 aliphatic rings. The van der Waals surface area contributed by atoms with Gasteiger partial charge in [-0.05, 0) is 42.2 Å². The van der Waals surface area contributed by atoms with E-state index in [1.165, 1.54) is 11.3 Å². The molecule has 0 saturated heterocycles. The number of thiocarbonyl (C=S) groups is 1. The van der Waals surface area contributed by atoms with Crippen LogP contribution < -0.4 is 16.4 Å². The third-order valence-electron chi connectivity index (χ3n) is 2.81. The summed E-state index contributed by atoms with van der Waals surface area (Å²) in [5.74, 6) is 0. The summed E-state index contributed by atoms with van der Waals surface area (Å²) in [5, 5.41) is 9.24. The van der Waals surface area contributed by atoms with E-state index in [1.807, 2.05) is 17.7 Å². The molecule has 0 atom stereocenters. The maximum atomic E-state index is 12.8. The van der Waals surface area contributed by atoms with Crippen molar-refractivity contribution in [1.29, 1.82) is 0 Å². The Hall–Kier alpha value is -1.51. The molecule has 0 radical (unpaired) electrons. The number of rotatable bonds is 2. The van der Waals surface area contributed by atoms with Crippen molar-refractivity contribution in [2.24, 2.45) is 0 Å². The highest BCUT2D eigenvalue weighted by atomic mass is 35.5. The molecule has 4 N–H and O–H groups in total. The second-order valence-electron chi connectivity index (χ2n) is 4.46. The van der Waals surface area contributed by atoms with Gasteiger partial charge >= 0.3 is 6.18 Å². The summed E-state index contributed by atoms with van der Waals surface area (Å²) in [6.07, 6.45) is -4.52. The number of halogens is 4. The van der Waals surface area contributed by atoms with Crippen molar-refractivity contribution in [3.8, 4) is 0 Å². The van der Waals surface area contributed by atoms with Crippen molar-refractivity contribution >= 4 is 57.3 Å². The fourth-order valence-electron chi connectivity index (χ4n) is 1.65. The molecule has 3 nitrogen and oxygen atoms in total. The normalized spacial score (nSPS) is 11.3. The Morgan fingerprint density at radius 1 is 1.23 bits per heavy atom. The van der Waals surface area contributed by atoms with Gasteiger partial charge in [0.15, 0.2) is 5.11 Å². The summed E-state index contributed by atoms with van der Waals surface area (Å²) in [6, 6.07) is 1.65. The Kier molecular flexibility index (Phi) is 4.84. The number of nitrogen functional groups attached to an aromatic ring is 1. The van der Waals surface area contributed by atoms with Crippen LogP contribution in [-0.2, 0) is 6.18 Å². The minimum Gasteiger partial charge on any atom is -0.396 e. The van der Waals surface area contributed by atoms with Crippen molar-refractivity contribution in [2.75, 3.05) is 16.4 Å². The van der Waals surface area contributed by atoms with Crippen molar-refractivity contribution < 1.29 is 13.2 Å². The molecule has 0 unspecified atom stereocenters. The van der Waals surface area contributed by atoms with Crippen LogP contribution in [0.1, 0.15) is 11.1 Å². The van der Waals surface area contributed by atoms with Crippen LogP contribution in [0.2, 0.25) is 5.02 Å². The van der Waals surface area contributed by atoms with E-state index >= 15 is 0 Å². The lowest BCUT2D eigenvalue weighted by molar-refractivity contribution is -0.137. The van der Waals surface area contributed by atoms with Crippen molar-refractivity contribution in [1.82, 2.24) is 0 Å². The summed E-state index contributed by atoms with van der Waals surface area (Å²) >= 11 is 12.3. The first-order chi connectivity index (χ1) is 10.2. The number of nitrogens with one attached hydrogen (secondary N) is 2. The monoisotopic (exact) mass is 365 g/mol. The largest absolute Gasteiger partial charge is 0.416 e. The van der Waals surface area contributed by atoms with Crippen LogP contribution in [0.15, 0.2) is 22.9 Å². The number of alkyl halides is 3. The molecule has 2 rings (SSSR count). The van der Waals surface area contributed by atoms with Crippen molar-refractivity contribution in [3.05, 3.63) is 39.0 Å². The predicted octanol–water partition coefficient (Wildman–Crippen LogP) is 5.12. The van der Waals surface area contributed by atoms with Crippen LogP contribution in [0, 0.1) is 6.92 Å². The lowest BCUT2D eigenvalue weighted by Gasteiger charge is -2.16. The third-order valence-corrected chi connectivity index (χ3v) is 4.19. The van der Waals surface area contributed by atoms with Crippen LogP contribution in [0.5, 0.6) is 0 Å². The highest BCUT2D eigenvalue weighted by Gasteiger charge is 2.32. The zero-order chi connectivity index (χ0) is 16.5. The Morgan fingerprint density at radius 3 is 2.41 bits per heavy atom. The SMILES string of the molecule is Cc1cscc1NC(=S)Nc1cc(C(F)(F)F)cc(Cl)c1N. The zero-order valence-corrected chi connectivity index (χ0v) is 13.6. The van der Waals surface area contributed by atoms with Crippen molar-refractivity contribution in [3.63, 3.8) is 0 Å². The summed E-state index contributed by atoms with van der Waals surface area (Å²) in [6.45, 7) is 1.89. The maximum Gasteiger partial charge on any atom is 0.416 e. The lowest BCUT2D eigenvalue weighted by Crippen LogP contribution is -2.20. The molecule has 0 saturated carbocycles. The number of anilines is 3. The molecular weight excluding hydrogens is 355 g/mol. The predicted molar refractivity (Wildman–Crippen MR) is 89.8 cm³/mol. The second kappa shape index (κ2) is 6.31. The van der Waals surface area contributed by atoms with Crippen molar-refractivity contribution in [2.45, 2.75) is 13.1 Å². The van der Waals surface area contributed by atoms with Gasteiger partial charge in [0, 0.05) is 5.38 Å². The molecule has 0 fully saturated rings. The first-order valence-electron chi connectivity index (χ1n) is 5.95. The van der Waals surface area contributed by atoms with Gasteiger partial charge in [-0.3, -0.25) is 0 Å². The smallest absolute Gasteiger partial charge is 0.396 e. The van der Waals surface area contributed by atoms with Crippen LogP contribution >= 0.6 is 35.2 Å². The lowest BCUT2D eigenvalue weighted by atomic mass is 10.1. The van der Waals surface area contributed by atoms with Crippen LogP contribution in [0.4, 0.5) is 30.2 Å². The first-order valence-corrected chi connectivity index (χ1v) is 7.68. The van der Waals surface area contributed by atoms with Gasteiger partial charge in [0.2, 0.25) is 0 Å². The van der Waals surface area contributed by atoms with E-state index in [2.05, 4.69) is 10.6 Å². The van der Waals surface area contributed by atoms with Crippen LogP contribution in [-0.4, -0.2) is 5.11 Å². The third kappa shape index (κ3) is 3.82. The van der Waals surface area contributed by atoms with Gasteiger partial charge in [0.05, 0.1) is 27.6 Å². The minimum atomic E-state index is -4.52. The maximum absolute atomic E-state index is 12.8. The molecule has 9 heteroatoms. The molecule has 0 amide bonds. The van der Waals surface area contributed by atoms with Gasteiger partial charge in [-0.25, -0.2) is 0 Å². The van der Waals surface area contributed by atoms with Crippen LogP contribution in [0.25, 0.3) is 0 Å². The standard InChI is InChI=1S/C13H11ClF3N3S2/c1-6-4-22-5-10(6)20-12(21)19-9-3-7(13(15,16)17)2-8(14)11(9)18/h2-5H,18H2,1H3,(H2,19,20,21). The van der Waals surface area contributed by atoms with Gasteiger partial charge < -0.3 is 16.4 Å². The Balaban J connectivity index is 2.23. The summed E-state index contributed by atoms with van der Waals surface area (Å²) in [7, 11) is 0. The highest BCUT2D eigenvalue weighted by Crippen LogP contribution is 2.37. The van der Waals surface area contributed by atoms with Gasteiger partial charge in [-0.2, -0.15) is 13.2 Å². The molecule has 22 heavy (non-hydrogen) atoms. The second-order valence-corrected chi connectivity index (χ2v) is 6.02.